The SMILES string of the molecule is Nc1ccc(-c2c(C(=O)O)nnn2CC2CCC2)cc1. The number of aromatic carboxylic acids is 1. The third-order valence-electron chi connectivity index (χ3n) is 3.78. The Balaban J connectivity index is 2.02. The summed E-state index contributed by atoms with van der Waals surface area (Å²) in [4.78, 5) is 11.3. The van der Waals surface area contributed by atoms with Gasteiger partial charge in [0, 0.05) is 17.8 Å². The Bertz CT molecular complexity index is 629. The van der Waals surface area contributed by atoms with Gasteiger partial charge in [0.25, 0.3) is 0 Å². The number of carbonyl (C=O) groups is 1. The van der Waals surface area contributed by atoms with E-state index in [1.807, 2.05) is 0 Å². The lowest BCUT2D eigenvalue weighted by atomic mass is 9.85. The molecule has 3 rings (SSSR count). The number of nitrogens with zero attached hydrogens (tertiary/aromatic N) is 3. The molecular formula is C14H16N4O2. The van der Waals surface area contributed by atoms with E-state index in [-0.39, 0.29) is 5.69 Å². The average molecular weight is 272 g/mol. The minimum atomic E-state index is -1.06. The predicted octanol–water partition coefficient (Wildman–Crippen LogP) is 2.03. The van der Waals surface area contributed by atoms with Crippen LogP contribution in [0.5, 0.6) is 0 Å². The van der Waals surface area contributed by atoms with Gasteiger partial charge >= 0.3 is 5.97 Å². The number of nitrogen functional groups attached to an aromatic ring is 1. The van der Waals surface area contributed by atoms with Crippen molar-refractivity contribution in [3.8, 4) is 11.3 Å². The maximum absolute atomic E-state index is 11.3. The standard InChI is InChI=1S/C14H16N4O2/c15-11-6-4-10(5-7-11)13-12(14(19)20)16-17-18(13)8-9-2-1-3-9/h4-7,9H,1-3,8,15H2,(H,19,20). The first-order chi connectivity index (χ1) is 9.65. The van der Waals surface area contributed by atoms with Crippen LogP contribution in [0, 0.1) is 5.92 Å². The summed E-state index contributed by atoms with van der Waals surface area (Å²) in [7, 11) is 0. The third kappa shape index (κ3) is 2.24. The van der Waals surface area contributed by atoms with Crippen LogP contribution < -0.4 is 5.73 Å². The van der Waals surface area contributed by atoms with Gasteiger partial charge in [0.1, 0.15) is 5.69 Å². The van der Waals surface area contributed by atoms with Crippen molar-refractivity contribution in [1.82, 2.24) is 15.0 Å². The number of aromatic nitrogens is 3. The summed E-state index contributed by atoms with van der Waals surface area (Å²) in [5.74, 6) is -0.484. The molecule has 0 atom stereocenters. The summed E-state index contributed by atoms with van der Waals surface area (Å²) in [6, 6.07) is 7.11. The molecule has 6 nitrogen and oxygen atoms in total. The summed E-state index contributed by atoms with van der Waals surface area (Å²) >= 11 is 0. The van der Waals surface area contributed by atoms with E-state index in [1.165, 1.54) is 19.3 Å². The number of benzene rings is 1. The van der Waals surface area contributed by atoms with Gasteiger partial charge in [-0.1, -0.05) is 23.8 Å². The van der Waals surface area contributed by atoms with Crippen LogP contribution in [-0.4, -0.2) is 26.1 Å². The molecule has 1 aliphatic carbocycles. The molecule has 20 heavy (non-hydrogen) atoms. The molecule has 1 saturated carbocycles. The van der Waals surface area contributed by atoms with Crippen molar-refractivity contribution in [2.75, 3.05) is 5.73 Å². The average Bonchev–Trinajstić information content (AvgIpc) is 2.79. The predicted molar refractivity (Wildman–Crippen MR) is 74.2 cm³/mol. The molecule has 1 aromatic carbocycles. The van der Waals surface area contributed by atoms with Crippen molar-refractivity contribution in [3.63, 3.8) is 0 Å². The lowest BCUT2D eigenvalue weighted by Gasteiger charge is -2.25. The molecule has 0 radical (unpaired) electrons. The Kier molecular flexibility index (Phi) is 3.14. The third-order valence-corrected chi connectivity index (χ3v) is 3.78. The van der Waals surface area contributed by atoms with E-state index >= 15 is 0 Å². The van der Waals surface area contributed by atoms with Gasteiger partial charge in [-0.15, -0.1) is 5.10 Å². The van der Waals surface area contributed by atoms with Gasteiger partial charge in [-0.25, -0.2) is 9.48 Å². The summed E-state index contributed by atoms with van der Waals surface area (Å²) in [5.41, 5.74) is 7.65. The Labute approximate surface area is 116 Å². The van der Waals surface area contributed by atoms with Crippen LogP contribution in [0.2, 0.25) is 0 Å². The maximum Gasteiger partial charge on any atom is 0.358 e. The molecule has 2 aromatic rings. The highest BCUT2D eigenvalue weighted by Crippen LogP contribution is 2.30. The van der Waals surface area contributed by atoms with Crippen LogP contribution in [0.25, 0.3) is 11.3 Å². The molecule has 0 amide bonds. The second kappa shape index (κ2) is 4.96. The van der Waals surface area contributed by atoms with Crippen molar-refractivity contribution in [2.24, 2.45) is 5.92 Å². The van der Waals surface area contributed by atoms with Gasteiger partial charge in [0.05, 0.1) is 0 Å². The lowest BCUT2D eigenvalue weighted by Crippen LogP contribution is -2.19. The number of hydrogen-bond acceptors (Lipinski definition) is 4. The molecule has 0 bridgehead atoms. The fourth-order valence-electron chi connectivity index (χ4n) is 2.43. The summed E-state index contributed by atoms with van der Waals surface area (Å²) in [5, 5.41) is 17.1. The summed E-state index contributed by atoms with van der Waals surface area (Å²) in [6.45, 7) is 0.722. The van der Waals surface area contributed by atoms with Crippen molar-refractivity contribution < 1.29 is 9.90 Å². The van der Waals surface area contributed by atoms with Gasteiger partial charge in [0.2, 0.25) is 0 Å². The molecule has 6 heteroatoms. The smallest absolute Gasteiger partial charge is 0.358 e. The number of carboxylic acid groups (broad SMARTS) is 1. The first-order valence-electron chi connectivity index (χ1n) is 6.68. The van der Waals surface area contributed by atoms with Crippen LogP contribution >= 0.6 is 0 Å². The molecule has 1 fully saturated rings. The van der Waals surface area contributed by atoms with Gasteiger partial charge in [-0.05, 0) is 30.9 Å². The van der Waals surface area contributed by atoms with E-state index in [0.29, 0.717) is 17.3 Å². The second-order valence-corrected chi connectivity index (χ2v) is 5.19. The Morgan fingerprint density at radius 3 is 2.60 bits per heavy atom. The molecule has 0 aliphatic heterocycles. The van der Waals surface area contributed by atoms with Crippen LogP contribution in [-0.2, 0) is 6.54 Å². The fourth-order valence-corrected chi connectivity index (χ4v) is 2.43. The number of hydrogen-bond donors (Lipinski definition) is 2. The lowest BCUT2D eigenvalue weighted by molar-refractivity contribution is 0.0691. The molecule has 0 saturated heterocycles. The molecule has 1 aromatic heterocycles. The Morgan fingerprint density at radius 1 is 1.35 bits per heavy atom. The van der Waals surface area contributed by atoms with E-state index in [1.54, 1.807) is 28.9 Å². The zero-order chi connectivity index (χ0) is 14.1. The van der Waals surface area contributed by atoms with Crippen molar-refractivity contribution in [2.45, 2.75) is 25.8 Å². The molecule has 1 heterocycles. The van der Waals surface area contributed by atoms with E-state index in [9.17, 15) is 9.90 Å². The number of rotatable bonds is 4. The van der Waals surface area contributed by atoms with E-state index in [4.69, 9.17) is 5.73 Å². The summed E-state index contributed by atoms with van der Waals surface area (Å²) in [6.07, 6.45) is 3.58. The molecular weight excluding hydrogens is 256 g/mol. The van der Waals surface area contributed by atoms with E-state index in [2.05, 4.69) is 10.3 Å². The molecule has 1 aliphatic rings. The highest BCUT2D eigenvalue weighted by atomic mass is 16.4. The van der Waals surface area contributed by atoms with Gasteiger partial charge in [0.15, 0.2) is 5.69 Å². The van der Waals surface area contributed by atoms with Crippen molar-refractivity contribution in [1.29, 1.82) is 0 Å². The number of carboxylic acids is 1. The summed E-state index contributed by atoms with van der Waals surface area (Å²) < 4.78 is 1.71. The number of nitrogens with two attached hydrogens (primary N) is 1. The van der Waals surface area contributed by atoms with Gasteiger partial charge < -0.3 is 10.8 Å². The zero-order valence-corrected chi connectivity index (χ0v) is 11.0. The molecule has 104 valence electrons. The van der Waals surface area contributed by atoms with Crippen LogP contribution in [0.4, 0.5) is 5.69 Å². The number of anilines is 1. The van der Waals surface area contributed by atoms with Crippen LogP contribution in [0.3, 0.4) is 0 Å². The fraction of sp³-hybridized carbons (Fsp3) is 0.357. The second-order valence-electron chi connectivity index (χ2n) is 5.19. The largest absolute Gasteiger partial charge is 0.476 e. The first kappa shape index (κ1) is 12.7. The maximum atomic E-state index is 11.3. The normalized spacial score (nSPS) is 15.0. The van der Waals surface area contributed by atoms with E-state index < -0.39 is 5.97 Å². The van der Waals surface area contributed by atoms with Crippen molar-refractivity contribution >= 4 is 11.7 Å². The minimum Gasteiger partial charge on any atom is -0.476 e. The van der Waals surface area contributed by atoms with Crippen molar-refractivity contribution in [3.05, 3.63) is 30.0 Å². The highest BCUT2D eigenvalue weighted by molar-refractivity contribution is 5.92. The van der Waals surface area contributed by atoms with Crippen LogP contribution in [0.1, 0.15) is 29.8 Å². The topological polar surface area (TPSA) is 94.0 Å². The Morgan fingerprint density at radius 2 is 2.05 bits per heavy atom. The van der Waals surface area contributed by atoms with Gasteiger partial charge in [-0.3, -0.25) is 0 Å². The van der Waals surface area contributed by atoms with E-state index in [0.717, 1.165) is 12.1 Å². The van der Waals surface area contributed by atoms with Gasteiger partial charge in [-0.2, -0.15) is 0 Å². The zero-order valence-electron chi connectivity index (χ0n) is 11.0. The quantitative estimate of drug-likeness (QED) is 0.830. The molecule has 3 N–H and O–H groups in total. The highest BCUT2D eigenvalue weighted by Gasteiger charge is 2.24. The molecule has 0 unspecified atom stereocenters. The Hall–Kier alpha value is -2.37. The monoisotopic (exact) mass is 272 g/mol. The minimum absolute atomic E-state index is 0.00547. The molecule has 0 spiro atoms. The van der Waals surface area contributed by atoms with Crippen LogP contribution in [0.15, 0.2) is 24.3 Å². The first-order valence-corrected chi connectivity index (χ1v) is 6.68.